The van der Waals surface area contributed by atoms with Crippen LogP contribution in [-0.4, -0.2) is 35.9 Å². The van der Waals surface area contributed by atoms with Crippen LogP contribution in [0.1, 0.15) is 0 Å². The number of halogens is 4. The Morgan fingerprint density at radius 2 is 1.56 bits per heavy atom. The highest BCUT2D eigenvalue weighted by atomic mass is 35.5. The molecule has 2 rings (SSSR count). The van der Waals surface area contributed by atoms with E-state index in [1.807, 2.05) is 0 Å². The Kier molecular flexibility index (Phi) is 5.97. The van der Waals surface area contributed by atoms with Crippen LogP contribution in [0.25, 0.3) is 0 Å². The Balaban J connectivity index is 2.33. The van der Waals surface area contributed by atoms with Gasteiger partial charge in [-0.2, -0.15) is 13.2 Å². The van der Waals surface area contributed by atoms with E-state index < -0.39 is 32.6 Å². The van der Waals surface area contributed by atoms with E-state index in [0.29, 0.717) is 0 Å². The maximum absolute atomic E-state index is 12.4. The Hall–Kier alpha value is -1.98. The van der Waals surface area contributed by atoms with Crippen LogP contribution in [0.5, 0.6) is 5.75 Å². The molecule has 27 heavy (non-hydrogen) atoms. The third kappa shape index (κ3) is 6.01. The number of benzene rings is 2. The van der Waals surface area contributed by atoms with Crippen LogP contribution in [0, 0.1) is 0 Å². The lowest BCUT2D eigenvalue weighted by Gasteiger charge is -2.15. The number of nitrogens with one attached hydrogen (secondary N) is 1. The van der Waals surface area contributed by atoms with Crippen molar-refractivity contribution in [2.75, 3.05) is 17.6 Å². The molecule has 0 atom stereocenters. The maximum Gasteiger partial charge on any atom is 0.422 e. The van der Waals surface area contributed by atoms with Crippen LogP contribution >= 0.6 is 11.6 Å². The molecule has 0 fully saturated rings. The van der Waals surface area contributed by atoms with Gasteiger partial charge in [0.2, 0.25) is 0 Å². The minimum Gasteiger partial charge on any atom is -0.482 e. The zero-order valence-corrected chi connectivity index (χ0v) is 16.0. The number of hydrogen-bond donors (Lipinski definition) is 1. The lowest BCUT2D eigenvalue weighted by atomic mass is 10.3. The van der Waals surface area contributed by atoms with E-state index in [9.17, 15) is 30.0 Å². The average Bonchev–Trinajstić information content (AvgIpc) is 2.52. The first kappa shape index (κ1) is 21.3. The third-order valence-corrected chi connectivity index (χ3v) is 5.88. The highest BCUT2D eigenvalue weighted by Gasteiger charge is 2.29. The number of sulfonamides is 1. The molecular weight excluding hydrogens is 431 g/mol. The smallest absolute Gasteiger partial charge is 0.422 e. The Labute approximate surface area is 158 Å². The van der Waals surface area contributed by atoms with Gasteiger partial charge in [-0.05, 0) is 42.5 Å². The molecule has 2 aromatic carbocycles. The van der Waals surface area contributed by atoms with Gasteiger partial charge >= 0.3 is 6.18 Å². The monoisotopic (exact) mass is 443 g/mol. The normalized spacial score (nSPS) is 12.6. The highest BCUT2D eigenvalue weighted by molar-refractivity contribution is 7.92. The summed E-state index contributed by atoms with van der Waals surface area (Å²) in [5.74, 6) is -0.368. The van der Waals surface area contributed by atoms with Gasteiger partial charge in [0.05, 0.1) is 15.5 Å². The number of anilines is 1. The van der Waals surface area contributed by atoms with E-state index in [1.165, 1.54) is 6.07 Å². The molecule has 0 saturated carbocycles. The number of rotatable bonds is 6. The lowest BCUT2D eigenvalue weighted by molar-refractivity contribution is -0.153. The second kappa shape index (κ2) is 7.56. The summed E-state index contributed by atoms with van der Waals surface area (Å²) >= 11 is 5.77. The van der Waals surface area contributed by atoms with Gasteiger partial charge < -0.3 is 4.74 Å². The van der Waals surface area contributed by atoms with Crippen LogP contribution in [0.15, 0.2) is 52.3 Å². The summed E-state index contributed by atoms with van der Waals surface area (Å²) in [5, 5.41) is 0.0690. The molecule has 0 heterocycles. The highest BCUT2D eigenvalue weighted by Crippen LogP contribution is 2.31. The summed E-state index contributed by atoms with van der Waals surface area (Å²) in [6.45, 7) is -1.62. The van der Waals surface area contributed by atoms with Crippen molar-refractivity contribution in [3.63, 3.8) is 0 Å². The van der Waals surface area contributed by atoms with Crippen molar-refractivity contribution in [1.82, 2.24) is 0 Å². The quantitative estimate of drug-likeness (QED) is 0.738. The fraction of sp³-hybridized carbons (Fsp3) is 0.200. The van der Waals surface area contributed by atoms with Crippen LogP contribution in [0.4, 0.5) is 18.9 Å². The first-order chi connectivity index (χ1) is 12.3. The first-order valence-electron chi connectivity index (χ1n) is 7.10. The summed E-state index contributed by atoms with van der Waals surface area (Å²) < 4.78 is 91.5. The minimum atomic E-state index is -4.61. The molecular formula is C15H13ClF3NO5S2. The summed E-state index contributed by atoms with van der Waals surface area (Å²) in [6.07, 6.45) is -3.65. The van der Waals surface area contributed by atoms with Gasteiger partial charge in [0.15, 0.2) is 16.4 Å². The van der Waals surface area contributed by atoms with Crippen LogP contribution in [0.2, 0.25) is 5.02 Å². The van der Waals surface area contributed by atoms with Gasteiger partial charge in [-0.25, -0.2) is 16.8 Å². The van der Waals surface area contributed by atoms with Crippen molar-refractivity contribution in [2.45, 2.75) is 16.0 Å². The second-order valence-corrected chi connectivity index (χ2v) is 9.53. The standard InChI is InChI=1S/C15H13ClF3NO5S2/c1-26(21,22)11-3-5-12(6-4-11)27(23,24)20-13-8-10(16)2-7-14(13)25-9-15(17,18)19/h2-8,20H,9H2,1H3. The molecule has 0 aliphatic heterocycles. The van der Waals surface area contributed by atoms with E-state index in [4.69, 9.17) is 11.6 Å². The summed E-state index contributed by atoms with van der Waals surface area (Å²) in [7, 11) is -7.75. The average molecular weight is 444 g/mol. The second-order valence-electron chi connectivity index (χ2n) is 5.39. The van der Waals surface area contributed by atoms with Gasteiger partial charge in [-0.3, -0.25) is 4.72 Å². The Morgan fingerprint density at radius 3 is 2.07 bits per heavy atom. The molecule has 12 heteroatoms. The Bertz CT molecular complexity index is 1040. The molecule has 2 aromatic rings. The van der Waals surface area contributed by atoms with Gasteiger partial charge in [0.25, 0.3) is 10.0 Å². The van der Waals surface area contributed by atoms with Gasteiger partial charge in [-0.15, -0.1) is 0 Å². The number of ether oxygens (including phenoxy) is 1. The molecule has 0 amide bonds. The van der Waals surface area contributed by atoms with Crippen LogP contribution in [-0.2, 0) is 19.9 Å². The van der Waals surface area contributed by atoms with Crippen LogP contribution in [0.3, 0.4) is 0 Å². The molecule has 6 nitrogen and oxygen atoms in total. The van der Waals surface area contributed by atoms with Crippen molar-refractivity contribution in [3.05, 3.63) is 47.5 Å². The number of alkyl halides is 3. The number of sulfone groups is 1. The molecule has 0 saturated heterocycles. The third-order valence-electron chi connectivity index (χ3n) is 3.14. The topological polar surface area (TPSA) is 89.5 Å². The van der Waals surface area contributed by atoms with E-state index in [1.54, 1.807) is 0 Å². The zero-order valence-electron chi connectivity index (χ0n) is 13.6. The lowest BCUT2D eigenvalue weighted by Crippen LogP contribution is -2.20. The van der Waals surface area contributed by atoms with Crippen molar-refractivity contribution < 1.29 is 34.7 Å². The van der Waals surface area contributed by atoms with E-state index >= 15 is 0 Å². The summed E-state index contributed by atoms with van der Waals surface area (Å²) in [5.41, 5.74) is -0.293. The van der Waals surface area contributed by atoms with Crippen molar-refractivity contribution in [2.24, 2.45) is 0 Å². The maximum atomic E-state index is 12.4. The fourth-order valence-electron chi connectivity index (χ4n) is 1.94. The van der Waals surface area contributed by atoms with Gasteiger partial charge in [0.1, 0.15) is 5.75 Å². The summed E-state index contributed by atoms with van der Waals surface area (Å²) in [6, 6.07) is 7.74. The predicted octanol–water partition coefficient (Wildman–Crippen LogP) is 3.49. The summed E-state index contributed by atoms with van der Waals surface area (Å²) in [4.78, 5) is -0.380. The van der Waals surface area contributed by atoms with Gasteiger partial charge in [-0.1, -0.05) is 11.6 Å². The molecule has 0 radical (unpaired) electrons. The predicted molar refractivity (Wildman–Crippen MR) is 93.4 cm³/mol. The zero-order chi connectivity index (χ0) is 20.5. The van der Waals surface area contributed by atoms with E-state index in [2.05, 4.69) is 9.46 Å². The minimum absolute atomic E-state index is 0.0690. The van der Waals surface area contributed by atoms with E-state index in [-0.39, 0.29) is 26.3 Å². The first-order valence-corrected chi connectivity index (χ1v) is 10.9. The molecule has 0 aliphatic rings. The molecule has 0 spiro atoms. The molecule has 0 aromatic heterocycles. The molecule has 0 aliphatic carbocycles. The molecule has 148 valence electrons. The Morgan fingerprint density at radius 1 is 1.00 bits per heavy atom. The SMILES string of the molecule is CS(=O)(=O)c1ccc(S(=O)(=O)Nc2cc(Cl)ccc2OCC(F)(F)F)cc1. The van der Waals surface area contributed by atoms with Crippen molar-refractivity contribution >= 4 is 37.1 Å². The van der Waals surface area contributed by atoms with Crippen molar-refractivity contribution in [3.8, 4) is 5.75 Å². The fourth-order valence-corrected chi connectivity index (χ4v) is 3.80. The van der Waals surface area contributed by atoms with Gasteiger partial charge in [0, 0.05) is 11.3 Å². The van der Waals surface area contributed by atoms with E-state index in [0.717, 1.165) is 42.7 Å². The number of hydrogen-bond acceptors (Lipinski definition) is 5. The van der Waals surface area contributed by atoms with Crippen molar-refractivity contribution in [1.29, 1.82) is 0 Å². The molecule has 0 bridgehead atoms. The van der Waals surface area contributed by atoms with Crippen LogP contribution < -0.4 is 9.46 Å². The molecule has 0 unspecified atom stereocenters. The molecule has 1 N–H and O–H groups in total. The largest absolute Gasteiger partial charge is 0.482 e.